The molecule has 0 atom stereocenters. The van der Waals surface area contributed by atoms with Crippen LogP contribution in [-0.2, 0) is 6.54 Å². The standard InChI is InChI=1S/C21H20N6O2/c1-14(2)26(13-19-23-17-11-7-6-10-16(17)20(28)24-19)21(29)18-12-22-27(25-18)15-8-4-3-5-9-15/h3-12,14H,13H2,1-2H3,(H,23,24,28). The van der Waals surface area contributed by atoms with Crippen LogP contribution in [0.2, 0.25) is 0 Å². The number of aromatic amines is 1. The average molecular weight is 388 g/mol. The maximum Gasteiger partial charge on any atom is 0.276 e. The number of benzene rings is 2. The summed E-state index contributed by atoms with van der Waals surface area (Å²) in [4.78, 5) is 35.7. The van der Waals surface area contributed by atoms with E-state index < -0.39 is 0 Å². The smallest absolute Gasteiger partial charge is 0.276 e. The summed E-state index contributed by atoms with van der Waals surface area (Å²) in [5, 5.41) is 9.03. The number of carbonyl (C=O) groups is 1. The van der Waals surface area contributed by atoms with Crippen molar-refractivity contribution >= 4 is 16.8 Å². The van der Waals surface area contributed by atoms with Crippen LogP contribution in [-0.4, -0.2) is 41.8 Å². The molecule has 0 spiro atoms. The molecule has 8 nitrogen and oxygen atoms in total. The highest BCUT2D eigenvalue weighted by Crippen LogP contribution is 2.13. The molecule has 0 fully saturated rings. The van der Waals surface area contributed by atoms with Gasteiger partial charge in [-0.3, -0.25) is 9.59 Å². The van der Waals surface area contributed by atoms with Gasteiger partial charge in [-0.15, -0.1) is 5.10 Å². The number of rotatable bonds is 5. The highest BCUT2D eigenvalue weighted by atomic mass is 16.2. The molecule has 0 saturated carbocycles. The Morgan fingerprint density at radius 3 is 2.59 bits per heavy atom. The number of fused-ring (bicyclic) bond motifs is 1. The number of hydrogen-bond donors (Lipinski definition) is 1. The van der Waals surface area contributed by atoms with E-state index in [0.29, 0.717) is 16.7 Å². The van der Waals surface area contributed by atoms with Crippen molar-refractivity contribution in [3.8, 4) is 5.69 Å². The van der Waals surface area contributed by atoms with E-state index in [1.807, 2.05) is 50.2 Å². The summed E-state index contributed by atoms with van der Waals surface area (Å²) in [6.07, 6.45) is 1.45. The molecule has 4 aromatic rings. The Bertz CT molecular complexity index is 1210. The molecule has 1 amide bonds. The quantitative estimate of drug-likeness (QED) is 0.567. The van der Waals surface area contributed by atoms with Gasteiger partial charge in [-0.05, 0) is 38.1 Å². The maximum atomic E-state index is 13.1. The predicted octanol–water partition coefficient (Wildman–Crippen LogP) is 2.55. The van der Waals surface area contributed by atoms with Crippen LogP contribution < -0.4 is 5.56 Å². The third-order valence-electron chi connectivity index (χ3n) is 4.56. The number of carbonyl (C=O) groups excluding carboxylic acids is 1. The Hall–Kier alpha value is -3.81. The molecule has 146 valence electrons. The Kier molecular flexibility index (Phi) is 4.90. The average Bonchev–Trinajstić information content (AvgIpc) is 3.22. The summed E-state index contributed by atoms with van der Waals surface area (Å²) in [5.74, 6) is 0.143. The normalized spacial score (nSPS) is 11.1. The first kappa shape index (κ1) is 18.5. The number of H-pyrrole nitrogens is 1. The van der Waals surface area contributed by atoms with Crippen LogP contribution in [0.5, 0.6) is 0 Å². The lowest BCUT2D eigenvalue weighted by atomic mass is 10.2. The summed E-state index contributed by atoms with van der Waals surface area (Å²) in [6, 6.07) is 16.4. The van der Waals surface area contributed by atoms with E-state index in [1.165, 1.54) is 11.0 Å². The lowest BCUT2D eigenvalue weighted by molar-refractivity contribution is 0.0678. The third-order valence-corrected chi connectivity index (χ3v) is 4.56. The number of aromatic nitrogens is 5. The zero-order valence-electron chi connectivity index (χ0n) is 16.1. The summed E-state index contributed by atoms with van der Waals surface area (Å²) in [7, 11) is 0. The minimum atomic E-state index is -0.280. The minimum absolute atomic E-state index is 0.124. The van der Waals surface area contributed by atoms with Gasteiger partial charge >= 0.3 is 0 Å². The first-order valence-corrected chi connectivity index (χ1v) is 9.29. The summed E-state index contributed by atoms with van der Waals surface area (Å²) >= 11 is 0. The molecule has 0 aliphatic rings. The van der Waals surface area contributed by atoms with E-state index in [2.05, 4.69) is 20.2 Å². The fourth-order valence-electron chi connectivity index (χ4n) is 3.05. The predicted molar refractivity (Wildman–Crippen MR) is 109 cm³/mol. The van der Waals surface area contributed by atoms with E-state index in [9.17, 15) is 9.59 Å². The van der Waals surface area contributed by atoms with Crippen molar-refractivity contribution in [3.05, 3.63) is 82.7 Å². The van der Waals surface area contributed by atoms with Crippen molar-refractivity contribution in [2.75, 3.05) is 0 Å². The van der Waals surface area contributed by atoms with Crippen molar-refractivity contribution in [2.24, 2.45) is 0 Å². The number of para-hydroxylation sites is 2. The van der Waals surface area contributed by atoms with Gasteiger partial charge in [-0.25, -0.2) is 4.98 Å². The van der Waals surface area contributed by atoms with Crippen LogP contribution in [0.15, 0.2) is 65.6 Å². The minimum Gasteiger partial charge on any atom is -0.327 e. The van der Waals surface area contributed by atoms with Crippen LogP contribution in [0, 0.1) is 0 Å². The van der Waals surface area contributed by atoms with Crippen LogP contribution in [0.1, 0.15) is 30.2 Å². The van der Waals surface area contributed by atoms with Gasteiger partial charge in [-0.1, -0.05) is 30.3 Å². The first-order valence-electron chi connectivity index (χ1n) is 9.29. The fourth-order valence-corrected chi connectivity index (χ4v) is 3.05. The fraction of sp³-hybridized carbons (Fsp3) is 0.190. The molecule has 29 heavy (non-hydrogen) atoms. The Morgan fingerprint density at radius 1 is 1.10 bits per heavy atom. The van der Waals surface area contributed by atoms with Crippen LogP contribution in [0.3, 0.4) is 0 Å². The van der Waals surface area contributed by atoms with Gasteiger partial charge in [0, 0.05) is 6.04 Å². The topological polar surface area (TPSA) is 96.8 Å². The maximum absolute atomic E-state index is 13.1. The van der Waals surface area contributed by atoms with Gasteiger partial charge in [-0.2, -0.15) is 9.90 Å². The molecule has 0 aliphatic heterocycles. The second-order valence-electron chi connectivity index (χ2n) is 6.91. The van der Waals surface area contributed by atoms with E-state index >= 15 is 0 Å². The molecule has 2 aromatic heterocycles. The molecule has 0 saturated heterocycles. The second-order valence-corrected chi connectivity index (χ2v) is 6.91. The number of hydrogen-bond acceptors (Lipinski definition) is 5. The lowest BCUT2D eigenvalue weighted by Gasteiger charge is -2.25. The largest absolute Gasteiger partial charge is 0.327 e. The highest BCUT2D eigenvalue weighted by Gasteiger charge is 2.23. The van der Waals surface area contributed by atoms with Crippen LogP contribution >= 0.6 is 0 Å². The van der Waals surface area contributed by atoms with Crippen molar-refractivity contribution in [1.29, 1.82) is 0 Å². The van der Waals surface area contributed by atoms with Gasteiger partial charge in [0.25, 0.3) is 11.5 Å². The van der Waals surface area contributed by atoms with Crippen molar-refractivity contribution < 1.29 is 4.79 Å². The van der Waals surface area contributed by atoms with Gasteiger partial charge < -0.3 is 9.88 Å². The second kappa shape index (κ2) is 7.67. The van der Waals surface area contributed by atoms with Gasteiger partial charge in [0.15, 0.2) is 5.69 Å². The molecular weight excluding hydrogens is 368 g/mol. The molecule has 0 unspecified atom stereocenters. The third kappa shape index (κ3) is 3.77. The highest BCUT2D eigenvalue weighted by molar-refractivity contribution is 5.92. The molecule has 4 rings (SSSR count). The summed E-state index contributed by atoms with van der Waals surface area (Å²) in [5.41, 5.74) is 1.36. The first-order chi connectivity index (χ1) is 14.0. The van der Waals surface area contributed by atoms with E-state index in [1.54, 1.807) is 23.1 Å². The Morgan fingerprint density at radius 2 is 1.83 bits per heavy atom. The lowest BCUT2D eigenvalue weighted by Crippen LogP contribution is -2.37. The zero-order valence-corrected chi connectivity index (χ0v) is 16.1. The van der Waals surface area contributed by atoms with Crippen LogP contribution in [0.4, 0.5) is 0 Å². The Balaban J connectivity index is 1.62. The number of nitrogens with one attached hydrogen (secondary N) is 1. The molecule has 0 radical (unpaired) electrons. The van der Waals surface area contributed by atoms with E-state index in [0.717, 1.165) is 5.69 Å². The van der Waals surface area contributed by atoms with Gasteiger partial charge in [0.1, 0.15) is 5.82 Å². The van der Waals surface area contributed by atoms with Gasteiger partial charge in [0.2, 0.25) is 0 Å². The number of amides is 1. The molecule has 1 N–H and O–H groups in total. The molecule has 2 heterocycles. The summed E-state index contributed by atoms with van der Waals surface area (Å²) in [6.45, 7) is 3.96. The van der Waals surface area contributed by atoms with E-state index in [4.69, 9.17) is 0 Å². The van der Waals surface area contributed by atoms with Crippen molar-refractivity contribution in [1.82, 2.24) is 29.9 Å². The van der Waals surface area contributed by atoms with Gasteiger partial charge in [0.05, 0.1) is 29.3 Å². The molecular formula is C21H20N6O2. The monoisotopic (exact) mass is 388 g/mol. The SMILES string of the molecule is CC(C)N(Cc1nc2ccccc2c(=O)[nH]1)C(=O)c1cnn(-c2ccccc2)n1. The molecule has 0 bridgehead atoms. The number of nitrogens with zero attached hydrogens (tertiary/aromatic N) is 5. The Labute approximate surface area is 166 Å². The summed E-state index contributed by atoms with van der Waals surface area (Å²) < 4.78 is 0. The van der Waals surface area contributed by atoms with Crippen LogP contribution in [0.25, 0.3) is 16.6 Å². The zero-order chi connectivity index (χ0) is 20.4. The molecule has 2 aromatic carbocycles. The van der Waals surface area contributed by atoms with E-state index in [-0.39, 0.29) is 29.7 Å². The molecule has 0 aliphatic carbocycles. The van der Waals surface area contributed by atoms with Crippen molar-refractivity contribution in [2.45, 2.75) is 26.4 Å². The van der Waals surface area contributed by atoms with Crippen molar-refractivity contribution in [3.63, 3.8) is 0 Å². The molecule has 8 heteroatoms.